The predicted octanol–water partition coefficient (Wildman–Crippen LogP) is 4.05. The Balaban J connectivity index is 1.75. The maximum absolute atomic E-state index is 12.6. The lowest BCUT2D eigenvalue weighted by molar-refractivity contribution is -0.114. The molecule has 2 aromatic carbocycles. The van der Waals surface area contributed by atoms with Crippen molar-refractivity contribution < 1.29 is 9.59 Å². The lowest BCUT2D eigenvalue weighted by atomic mass is 10.2. The molecule has 0 spiro atoms. The van der Waals surface area contributed by atoms with Gasteiger partial charge in [-0.1, -0.05) is 18.2 Å². The summed E-state index contributed by atoms with van der Waals surface area (Å²) in [5.74, 6) is -0.131. The molecular formula is C21H21N5O2. The van der Waals surface area contributed by atoms with Gasteiger partial charge in [0.05, 0.1) is 0 Å². The van der Waals surface area contributed by atoms with E-state index in [0.717, 1.165) is 11.3 Å². The molecule has 1 heterocycles. The highest BCUT2D eigenvalue weighted by Crippen LogP contribution is 2.19. The van der Waals surface area contributed by atoms with Crippen LogP contribution in [0.5, 0.6) is 0 Å². The summed E-state index contributed by atoms with van der Waals surface area (Å²) >= 11 is 0. The normalized spacial score (nSPS) is 10.2. The van der Waals surface area contributed by atoms with Crippen LogP contribution < -0.4 is 16.0 Å². The Morgan fingerprint density at radius 3 is 2.14 bits per heavy atom. The van der Waals surface area contributed by atoms with Crippen molar-refractivity contribution in [2.45, 2.75) is 20.8 Å². The highest BCUT2D eigenvalue weighted by atomic mass is 16.2. The fraction of sp³-hybridized carbons (Fsp3) is 0.143. The van der Waals surface area contributed by atoms with Gasteiger partial charge < -0.3 is 16.0 Å². The fourth-order valence-corrected chi connectivity index (χ4v) is 2.61. The van der Waals surface area contributed by atoms with E-state index in [2.05, 4.69) is 25.9 Å². The highest BCUT2D eigenvalue weighted by molar-refractivity contribution is 6.03. The first-order valence-corrected chi connectivity index (χ1v) is 8.78. The zero-order chi connectivity index (χ0) is 20.1. The van der Waals surface area contributed by atoms with Gasteiger partial charge in [0, 0.05) is 29.7 Å². The van der Waals surface area contributed by atoms with Gasteiger partial charge in [0.25, 0.3) is 5.91 Å². The van der Waals surface area contributed by atoms with Gasteiger partial charge in [-0.3, -0.25) is 9.59 Å². The Bertz CT molecular complexity index is 1020. The minimum atomic E-state index is -0.342. The third kappa shape index (κ3) is 4.91. The number of rotatable bonds is 5. The molecule has 0 atom stereocenters. The molecule has 0 unspecified atom stereocenters. The fourth-order valence-electron chi connectivity index (χ4n) is 2.61. The van der Waals surface area contributed by atoms with Gasteiger partial charge in [-0.25, -0.2) is 9.97 Å². The smallest absolute Gasteiger partial charge is 0.274 e. The van der Waals surface area contributed by atoms with Crippen LogP contribution in [0.15, 0.2) is 54.6 Å². The first-order chi connectivity index (χ1) is 13.4. The van der Waals surface area contributed by atoms with Crippen molar-refractivity contribution in [3.05, 3.63) is 71.5 Å². The zero-order valence-corrected chi connectivity index (χ0v) is 15.9. The summed E-state index contributed by atoms with van der Waals surface area (Å²) in [5.41, 5.74) is 4.13. The molecule has 0 radical (unpaired) electrons. The Morgan fingerprint density at radius 1 is 0.857 bits per heavy atom. The van der Waals surface area contributed by atoms with Gasteiger partial charge in [-0.2, -0.15) is 0 Å². The molecule has 3 aromatic rings. The van der Waals surface area contributed by atoms with Gasteiger partial charge in [0.1, 0.15) is 5.69 Å². The number of para-hydroxylation sites is 1. The monoisotopic (exact) mass is 375 g/mol. The average molecular weight is 375 g/mol. The topological polar surface area (TPSA) is 96.0 Å². The molecule has 0 aliphatic rings. The van der Waals surface area contributed by atoms with Crippen molar-refractivity contribution in [3.8, 4) is 0 Å². The number of amides is 2. The number of anilines is 4. The summed E-state index contributed by atoms with van der Waals surface area (Å²) in [5, 5.41) is 8.63. The number of hydrogen-bond acceptors (Lipinski definition) is 5. The SMILES string of the molecule is CC(=O)Nc1ccc(NC(=O)c2cc(C)nc(Nc3ccccc3C)n2)cc1. The van der Waals surface area contributed by atoms with Crippen molar-refractivity contribution >= 4 is 34.8 Å². The molecule has 28 heavy (non-hydrogen) atoms. The number of nitrogens with zero attached hydrogens (tertiary/aromatic N) is 2. The Morgan fingerprint density at radius 2 is 1.50 bits per heavy atom. The molecule has 7 nitrogen and oxygen atoms in total. The maximum atomic E-state index is 12.6. The summed E-state index contributed by atoms with van der Waals surface area (Å²) in [6, 6.07) is 16.3. The van der Waals surface area contributed by atoms with Crippen molar-refractivity contribution in [2.75, 3.05) is 16.0 Å². The van der Waals surface area contributed by atoms with Gasteiger partial charge in [-0.15, -0.1) is 0 Å². The van der Waals surface area contributed by atoms with Gasteiger partial charge >= 0.3 is 0 Å². The molecule has 0 saturated carbocycles. The maximum Gasteiger partial charge on any atom is 0.274 e. The van der Waals surface area contributed by atoms with Gasteiger partial charge in [0.2, 0.25) is 11.9 Å². The van der Waals surface area contributed by atoms with E-state index < -0.39 is 0 Å². The van der Waals surface area contributed by atoms with Crippen LogP contribution in [0.4, 0.5) is 23.0 Å². The van der Waals surface area contributed by atoms with Crippen LogP contribution in [0.2, 0.25) is 0 Å². The van der Waals surface area contributed by atoms with E-state index in [-0.39, 0.29) is 17.5 Å². The van der Waals surface area contributed by atoms with Crippen LogP contribution in [0, 0.1) is 13.8 Å². The molecule has 0 bridgehead atoms. The number of benzene rings is 2. The van der Waals surface area contributed by atoms with E-state index in [1.807, 2.05) is 38.1 Å². The predicted molar refractivity (Wildman–Crippen MR) is 110 cm³/mol. The van der Waals surface area contributed by atoms with Crippen molar-refractivity contribution in [2.24, 2.45) is 0 Å². The first-order valence-electron chi connectivity index (χ1n) is 8.78. The molecule has 1 aromatic heterocycles. The molecular weight excluding hydrogens is 354 g/mol. The molecule has 3 N–H and O–H groups in total. The Kier molecular flexibility index (Phi) is 5.64. The van der Waals surface area contributed by atoms with Gasteiger partial charge in [-0.05, 0) is 55.8 Å². The minimum Gasteiger partial charge on any atom is -0.326 e. The average Bonchev–Trinajstić information content (AvgIpc) is 2.64. The summed E-state index contributed by atoms with van der Waals surface area (Å²) < 4.78 is 0. The van der Waals surface area contributed by atoms with E-state index in [1.54, 1.807) is 30.3 Å². The lowest BCUT2D eigenvalue weighted by Gasteiger charge is -2.11. The second-order valence-corrected chi connectivity index (χ2v) is 6.37. The third-order valence-electron chi connectivity index (χ3n) is 3.94. The molecule has 0 aliphatic heterocycles. The van der Waals surface area contributed by atoms with E-state index >= 15 is 0 Å². The van der Waals surface area contributed by atoms with E-state index in [4.69, 9.17) is 0 Å². The zero-order valence-electron chi connectivity index (χ0n) is 15.9. The molecule has 7 heteroatoms. The van der Waals surface area contributed by atoms with Crippen LogP contribution >= 0.6 is 0 Å². The molecule has 0 saturated heterocycles. The second-order valence-electron chi connectivity index (χ2n) is 6.37. The standard InChI is InChI=1S/C21H21N5O2/c1-13-6-4-5-7-18(13)25-21-22-14(2)12-19(26-21)20(28)24-17-10-8-16(9-11-17)23-15(3)27/h4-12H,1-3H3,(H,23,27)(H,24,28)(H,22,25,26). The van der Waals surface area contributed by atoms with Crippen LogP contribution in [-0.2, 0) is 4.79 Å². The summed E-state index contributed by atoms with van der Waals surface area (Å²) in [6.07, 6.45) is 0. The van der Waals surface area contributed by atoms with E-state index in [1.165, 1.54) is 6.92 Å². The number of carbonyl (C=O) groups excluding carboxylic acids is 2. The van der Waals surface area contributed by atoms with Crippen LogP contribution in [-0.4, -0.2) is 21.8 Å². The highest BCUT2D eigenvalue weighted by Gasteiger charge is 2.12. The number of aryl methyl sites for hydroxylation is 2. The van der Waals surface area contributed by atoms with Crippen LogP contribution in [0.25, 0.3) is 0 Å². The number of carbonyl (C=O) groups is 2. The molecule has 142 valence electrons. The molecule has 2 amide bonds. The largest absolute Gasteiger partial charge is 0.326 e. The van der Waals surface area contributed by atoms with Crippen molar-refractivity contribution in [1.82, 2.24) is 9.97 Å². The third-order valence-corrected chi connectivity index (χ3v) is 3.94. The number of nitrogens with one attached hydrogen (secondary N) is 3. The molecule has 0 aliphatic carbocycles. The second kappa shape index (κ2) is 8.30. The summed E-state index contributed by atoms with van der Waals surface area (Å²) in [6.45, 7) is 5.23. The molecule has 3 rings (SSSR count). The Labute approximate surface area is 163 Å². The van der Waals surface area contributed by atoms with Crippen molar-refractivity contribution in [3.63, 3.8) is 0 Å². The summed E-state index contributed by atoms with van der Waals surface area (Å²) in [4.78, 5) is 32.4. The van der Waals surface area contributed by atoms with Gasteiger partial charge in [0.15, 0.2) is 0 Å². The van der Waals surface area contributed by atoms with Crippen molar-refractivity contribution in [1.29, 1.82) is 0 Å². The van der Waals surface area contributed by atoms with Crippen LogP contribution in [0.1, 0.15) is 28.7 Å². The first kappa shape index (κ1) is 19.0. The lowest BCUT2D eigenvalue weighted by Crippen LogP contribution is -2.15. The summed E-state index contributed by atoms with van der Waals surface area (Å²) in [7, 11) is 0. The van der Waals surface area contributed by atoms with E-state index in [9.17, 15) is 9.59 Å². The number of aromatic nitrogens is 2. The minimum absolute atomic E-state index is 0.151. The Hall–Kier alpha value is -3.74. The molecule has 0 fully saturated rings. The van der Waals surface area contributed by atoms with Crippen LogP contribution in [0.3, 0.4) is 0 Å². The number of hydrogen-bond donors (Lipinski definition) is 3. The van der Waals surface area contributed by atoms with E-state index in [0.29, 0.717) is 23.0 Å². The quantitative estimate of drug-likeness (QED) is 0.625.